The zero-order valence-corrected chi connectivity index (χ0v) is 12.6. The molecule has 19 heavy (non-hydrogen) atoms. The highest BCUT2D eigenvalue weighted by Gasteiger charge is 2.19. The van der Waals surface area contributed by atoms with E-state index in [1.54, 1.807) is 0 Å². The molecule has 0 aliphatic carbocycles. The van der Waals surface area contributed by atoms with Gasteiger partial charge >= 0.3 is 0 Å². The van der Waals surface area contributed by atoms with Crippen LogP contribution in [-0.4, -0.2) is 19.5 Å². The van der Waals surface area contributed by atoms with Crippen molar-refractivity contribution < 1.29 is 0 Å². The predicted octanol–water partition coefficient (Wildman–Crippen LogP) is 4.18. The van der Waals surface area contributed by atoms with E-state index in [2.05, 4.69) is 40.3 Å². The van der Waals surface area contributed by atoms with Crippen molar-refractivity contribution in [1.82, 2.24) is 19.5 Å². The van der Waals surface area contributed by atoms with Crippen LogP contribution in [0.3, 0.4) is 0 Å². The first-order valence-corrected chi connectivity index (χ1v) is 7.47. The van der Waals surface area contributed by atoms with Gasteiger partial charge in [-0.3, -0.25) is 0 Å². The molecule has 2 heterocycles. The molecule has 2 rings (SSSR count). The van der Waals surface area contributed by atoms with E-state index in [9.17, 15) is 0 Å². The third-order valence-electron chi connectivity index (χ3n) is 3.55. The lowest BCUT2D eigenvalue weighted by Gasteiger charge is -2.19. The van der Waals surface area contributed by atoms with Gasteiger partial charge in [0.15, 0.2) is 10.8 Å². The zero-order chi connectivity index (χ0) is 13.8. The molecule has 0 N–H and O–H groups in total. The van der Waals surface area contributed by atoms with Gasteiger partial charge in [0, 0.05) is 12.5 Å². The normalized spacial score (nSPS) is 13.1. The van der Waals surface area contributed by atoms with E-state index in [4.69, 9.17) is 11.6 Å². The maximum absolute atomic E-state index is 6.12. The second-order valence-corrected chi connectivity index (χ2v) is 5.15. The van der Waals surface area contributed by atoms with E-state index >= 15 is 0 Å². The minimum Gasteiger partial charge on any atom is -0.309 e. The molecule has 1 atom stereocenters. The third kappa shape index (κ3) is 2.73. The van der Waals surface area contributed by atoms with Crippen molar-refractivity contribution in [3.05, 3.63) is 17.3 Å². The first-order chi connectivity index (χ1) is 9.22. The van der Waals surface area contributed by atoms with Crippen molar-refractivity contribution in [3.8, 4) is 0 Å². The average Bonchev–Trinajstić information content (AvgIpc) is 2.80. The average molecular weight is 281 g/mol. The Labute approximate surface area is 119 Å². The van der Waals surface area contributed by atoms with Gasteiger partial charge in [-0.25, -0.2) is 15.0 Å². The van der Waals surface area contributed by atoms with Gasteiger partial charge in [-0.1, -0.05) is 45.2 Å². The summed E-state index contributed by atoms with van der Waals surface area (Å²) in [7, 11) is 0. The Morgan fingerprint density at radius 3 is 2.68 bits per heavy atom. The summed E-state index contributed by atoms with van der Waals surface area (Å²) in [6.45, 7) is 6.55. The molecule has 1 unspecified atom stereocenters. The minimum atomic E-state index is 0.448. The molecule has 0 amide bonds. The van der Waals surface area contributed by atoms with E-state index in [-0.39, 0.29) is 0 Å². The van der Waals surface area contributed by atoms with Gasteiger partial charge in [-0.15, -0.1) is 0 Å². The fraction of sp³-hybridized carbons (Fsp3) is 0.643. The fourth-order valence-electron chi connectivity index (χ4n) is 2.52. The second-order valence-electron chi connectivity index (χ2n) is 4.79. The number of unbranched alkanes of at least 4 members (excludes halogenated alkanes) is 1. The van der Waals surface area contributed by atoms with Crippen LogP contribution in [0.2, 0.25) is 5.15 Å². The maximum Gasteiger partial charge on any atom is 0.165 e. The lowest BCUT2D eigenvalue weighted by Crippen LogP contribution is -2.12. The van der Waals surface area contributed by atoms with E-state index in [0.29, 0.717) is 11.2 Å². The van der Waals surface area contributed by atoms with E-state index in [1.165, 1.54) is 19.2 Å². The summed E-state index contributed by atoms with van der Waals surface area (Å²) in [5.74, 6) is 1.06. The van der Waals surface area contributed by atoms with Gasteiger partial charge in [0.1, 0.15) is 17.7 Å². The van der Waals surface area contributed by atoms with Gasteiger partial charge in [0.05, 0.1) is 0 Å². The molecule has 0 aliphatic heterocycles. The smallest absolute Gasteiger partial charge is 0.165 e. The van der Waals surface area contributed by atoms with Gasteiger partial charge in [0.2, 0.25) is 0 Å². The topological polar surface area (TPSA) is 43.6 Å². The summed E-state index contributed by atoms with van der Waals surface area (Å²) < 4.78 is 2.26. The Morgan fingerprint density at radius 1 is 1.26 bits per heavy atom. The Morgan fingerprint density at radius 2 is 2.05 bits per heavy atom. The fourth-order valence-corrected chi connectivity index (χ4v) is 2.69. The lowest BCUT2D eigenvalue weighted by molar-refractivity contribution is 0.432. The van der Waals surface area contributed by atoms with Crippen molar-refractivity contribution in [2.45, 2.75) is 58.9 Å². The van der Waals surface area contributed by atoms with E-state index < -0.39 is 0 Å². The first-order valence-electron chi connectivity index (χ1n) is 7.10. The van der Waals surface area contributed by atoms with Gasteiger partial charge in [0.25, 0.3) is 0 Å². The standard InChI is InChI=1S/C14H21ClN4/c1-4-7-8-10(5-2)19-11(6-3)18-12-13(15)16-9-17-14(12)19/h9-10H,4-8H2,1-3H3. The summed E-state index contributed by atoms with van der Waals surface area (Å²) >= 11 is 6.12. The zero-order valence-electron chi connectivity index (χ0n) is 11.9. The Balaban J connectivity index is 2.52. The number of hydrogen-bond donors (Lipinski definition) is 0. The number of nitrogens with zero attached hydrogens (tertiary/aromatic N) is 4. The van der Waals surface area contributed by atoms with Crippen LogP contribution in [-0.2, 0) is 6.42 Å². The maximum atomic E-state index is 6.12. The molecule has 0 aliphatic rings. The molecule has 0 saturated heterocycles. The van der Waals surface area contributed by atoms with E-state index in [0.717, 1.165) is 36.3 Å². The van der Waals surface area contributed by atoms with Crippen LogP contribution < -0.4 is 0 Å². The van der Waals surface area contributed by atoms with Gasteiger partial charge in [-0.2, -0.15) is 0 Å². The van der Waals surface area contributed by atoms with Crippen LogP contribution in [0.1, 0.15) is 58.3 Å². The molecule has 104 valence electrons. The number of aromatic nitrogens is 4. The number of hydrogen-bond acceptors (Lipinski definition) is 3. The molecule has 5 heteroatoms. The number of fused-ring (bicyclic) bond motifs is 1. The molecule has 0 saturated carbocycles. The Hall–Kier alpha value is -1.16. The summed E-state index contributed by atoms with van der Waals surface area (Å²) in [6.07, 6.45) is 7.08. The van der Waals surface area contributed by atoms with Crippen LogP contribution in [0.5, 0.6) is 0 Å². The molecule has 4 nitrogen and oxygen atoms in total. The lowest BCUT2D eigenvalue weighted by atomic mass is 10.1. The quantitative estimate of drug-likeness (QED) is 0.746. The largest absolute Gasteiger partial charge is 0.309 e. The summed E-state index contributed by atoms with van der Waals surface area (Å²) in [5, 5.41) is 0.448. The molecule has 0 spiro atoms. The monoisotopic (exact) mass is 280 g/mol. The van der Waals surface area contributed by atoms with Gasteiger partial charge in [-0.05, 0) is 12.8 Å². The molecular formula is C14H21ClN4. The first kappa shape index (κ1) is 14.3. The Kier molecular flexibility index (Phi) is 4.75. The third-order valence-corrected chi connectivity index (χ3v) is 3.83. The summed E-state index contributed by atoms with van der Waals surface area (Å²) in [5.41, 5.74) is 1.61. The minimum absolute atomic E-state index is 0.448. The van der Waals surface area contributed by atoms with Crippen LogP contribution in [0, 0.1) is 0 Å². The highest BCUT2D eigenvalue weighted by molar-refractivity contribution is 6.33. The van der Waals surface area contributed by atoms with Gasteiger partial charge < -0.3 is 4.57 Å². The number of imidazole rings is 1. The molecule has 2 aromatic heterocycles. The van der Waals surface area contributed by atoms with Crippen LogP contribution >= 0.6 is 11.6 Å². The van der Waals surface area contributed by atoms with Crippen molar-refractivity contribution in [1.29, 1.82) is 0 Å². The van der Waals surface area contributed by atoms with Crippen molar-refractivity contribution >= 4 is 22.8 Å². The van der Waals surface area contributed by atoms with Crippen LogP contribution in [0.4, 0.5) is 0 Å². The molecule has 0 fully saturated rings. The number of aryl methyl sites for hydroxylation is 1. The van der Waals surface area contributed by atoms with Crippen LogP contribution in [0.15, 0.2) is 6.33 Å². The highest BCUT2D eigenvalue weighted by atomic mass is 35.5. The highest BCUT2D eigenvalue weighted by Crippen LogP contribution is 2.28. The van der Waals surface area contributed by atoms with Crippen molar-refractivity contribution in [2.24, 2.45) is 0 Å². The van der Waals surface area contributed by atoms with Crippen molar-refractivity contribution in [3.63, 3.8) is 0 Å². The van der Waals surface area contributed by atoms with Crippen LogP contribution in [0.25, 0.3) is 11.2 Å². The number of rotatable bonds is 6. The molecular weight excluding hydrogens is 260 g/mol. The number of halogens is 1. The summed E-state index contributed by atoms with van der Waals surface area (Å²) in [6, 6.07) is 0.450. The molecule has 0 aromatic carbocycles. The molecule has 2 aromatic rings. The molecule has 0 radical (unpaired) electrons. The SMILES string of the molecule is CCCCC(CC)n1c(CC)nc2c(Cl)ncnc21. The summed E-state index contributed by atoms with van der Waals surface area (Å²) in [4.78, 5) is 13.0. The van der Waals surface area contributed by atoms with E-state index in [1.807, 2.05) is 0 Å². The van der Waals surface area contributed by atoms with Crippen molar-refractivity contribution in [2.75, 3.05) is 0 Å². The molecule has 0 bridgehead atoms. The second kappa shape index (κ2) is 6.33. The Bertz CT molecular complexity index is 550. The predicted molar refractivity (Wildman–Crippen MR) is 78.6 cm³/mol.